The maximum atomic E-state index is 13.7. The maximum absolute atomic E-state index is 13.7. The van der Waals surface area contributed by atoms with Crippen LogP contribution in [-0.2, 0) is 4.79 Å². The Morgan fingerprint density at radius 3 is 2.12 bits per heavy atom. The Kier molecular flexibility index (Phi) is 6.56. The molecule has 0 spiro atoms. The number of carboxylic acid groups (broad SMARTS) is 1. The molecular formula is C24H23ClN4O3. The summed E-state index contributed by atoms with van der Waals surface area (Å²) in [6, 6.07) is 18.4. The monoisotopic (exact) mass is 450 g/mol. The lowest BCUT2D eigenvalue weighted by molar-refractivity contribution is -0.133. The summed E-state index contributed by atoms with van der Waals surface area (Å²) in [7, 11) is 0. The Bertz CT molecular complexity index is 1060. The van der Waals surface area contributed by atoms with Crippen molar-refractivity contribution in [1.82, 2.24) is 9.88 Å². The van der Waals surface area contributed by atoms with Crippen LogP contribution < -0.4 is 9.80 Å². The van der Waals surface area contributed by atoms with Gasteiger partial charge in [-0.05, 0) is 42.0 Å². The van der Waals surface area contributed by atoms with E-state index in [2.05, 4.69) is 9.88 Å². The van der Waals surface area contributed by atoms with Gasteiger partial charge in [-0.1, -0.05) is 41.9 Å². The second-order valence-electron chi connectivity index (χ2n) is 7.46. The second kappa shape index (κ2) is 9.70. The first-order chi connectivity index (χ1) is 15.5. The molecule has 1 saturated heterocycles. The molecule has 2 aromatic carbocycles. The number of hydrogen-bond acceptors (Lipinski definition) is 4. The van der Waals surface area contributed by atoms with Gasteiger partial charge in [-0.25, -0.2) is 4.79 Å². The number of rotatable bonds is 5. The molecular weight excluding hydrogens is 428 g/mol. The lowest BCUT2D eigenvalue weighted by Gasteiger charge is -2.39. The van der Waals surface area contributed by atoms with Gasteiger partial charge in [0.05, 0.1) is 0 Å². The fourth-order valence-corrected chi connectivity index (χ4v) is 4.05. The summed E-state index contributed by atoms with van der Waals surface area (Å²) in [4.78, 5) is 35.1. The first kappa shape index (κ1) is 21.6. The van der Waals surface area contributed by atoms with Crippen LogP contribution in [0.3, 0.4) is 0 Å². The Morgan fingerprint density at radius 1 is 0.906 bits per heavy atom. The van der Waals surface area contributed by atoms with Gasteiger partial charge < -0.3 is 14.9 Å². The molecule has 2 amide bonds. The molecule has 164 valence electrons. The van der Waals surface area contributed by atoms with Crippen LogP contribution in [-0.4, -0.2) is 53.2 Å². The van der Waals surface area contributed by atoms with Crippen LogP contribution in [0.1, 0.15) is 11.6 Å². The smallest absolute Gasteiger partial charge is 0.412 e. The van der Waals surface area contributed by atoms with Gasteiger partial charge in [-0.3, -0.25) is 14.7 Å². The van der Waals surface area contributed by atoms with E-state index in [1.54, 1.807) is 65.8 Å². The minimum absolute atomic E-state index is 0.247. The molecule has 1 unspecified atom stereocenters. The molecule has 7 nitrogen and oxygen atoms in total. The molecule has 2 heterocycles. The van der Waals surface area contributed by atoms with Crippen molar-refractivity contribution in [3.63, 3.8) is 0 Å². The van der Waals surface area contributed by atoms with Gasteiger partial charge in [-0.15, -0.1) is 0 Å². The number of benzene rings is 2. The van der Waals surface area contributed by atoms with Crippen LogP contribution in [0.2, 0.25) is 5.02 Å². The third-order valence-corrected chi connectivity index (χ3v) is 5.79. The van der Waals surface area contributed by atoms with E-state index in [0.717, 1.165) is 10.6 Å². The molecule has 0 radical (unpaired) electrons. The van der Waals surface area contributed by atoms with E-state index in [9.17, 15) is 14.7 Å². The standard InChI is InChI=1S/C24H23ClN4O3/c25-19-6-8-21(9-7-19)29(24(31)32)22(18-4-2-1-3-5-18)23(30)28-16-14-27(15-17-28)20-10-12-26-13-11-20/h1-13,22H,14-17H2,(H,31,32). The van der Waals surface area contributed by atoms with E-state index in [4.69, 9.17) is 11.6 Å². The van der Waals surface area contributed by atoms with Crippen molar-refractivity contribution in [2.75, 3.05) is 36.0 Å². The van der Waals surface area contributed by atoms with Gasteiger partial charge in [0.2, 0.25) is 0 Å². The van der Waals surface area contributed by atoms with Crippen molar-refractivity contribution in [1.29, 1.82) is 0 Å². The summed E-state index contributed by atoms with van der Waals surface area (Å²) in [6.45, 7) is 2.31. The predicted octanol–water partition coefficient (Wildman–Crippen LogP) is 4.31. The molecule has 0 saturated carbocycles. The van der Waals surface area contributed by atoms with Crippen LogP contribution in [0.4, 0.5) is 16.2 Å². The predicted molar refractivity (Wildman–Crippen MR) is 124 cm³/mol. The van der Waals surface area contributed by atoms with Gasteiger partial charge in [0.15, 0.2) is 0 Å². The molecule has 32 heavy (non-hydrogen) atoms. The summed E-state index contributed by atoms with van der Waals surface area (Å²) in [5, 5.41) is 10.6. The highest BCUT2D eigenvalue weighted by molar-refractivity contribution is 6.30. The van der Waals surface area contributed by atoms with Crippen LogP contribution in [0.5, 0.6) is 0 Å². The molecule has 1 aliphatic rings. The maximum Gasteiger partial charge on any atom is 0.412 e. The fourth-order valence-electron chi connectivity index (χ4n) is 3.92. The van der Waals surface area contributed by atoms with E-state index in [0.29, 0.717) is 42.5 Å². The molecule has 1 aliphatic heterocycles. The normalized spacial score (nSPS) is 14.7. The minimum Gasteiger partial charge on any atom is -0.465 e. The number of nitrogens with zero attached hydrogens (tertiary/aromatic N) is 4. The molecule has 1 N–H and O–H groups in total. The summed E-state index contributed by atoms with van der Waals surface area (Å²) in [5.41, 5.74) is 2.06. The average molecular weight is 451 g/mol. The number of piperazine rings is 1. The minimum atomic E-state index is -1.20. The molecule has 8 heteroatoms. The van der Waals surface area contributed by atoms with E-state index in [1.165, 1.54) is 0 Å². The van der Waals surface area contributed by atoms with Crippen LogP contribution >= 0.6 is 11.6 Å². The van der Waals surface area contributed by atoms with E-state index in [1.807, 2.05) is 18.2 Å². The molecule has 1 fully saturated rings. The largest absolute Gasteiger partial charge is 0.465 e. The fraction of sp³-hybridized carbons (Fsp3) is 0.208. The third kappa shape index (κ3) is 4.68. The van der Waals surface area contributed by atoms with Crippen molar-refractivity contribution in [3.8, 4) is 0 Å². The number of carbonyl (C=O) groups is 2. The van der Waals surface area contributed by atoms with Gasteiger partial charge in [-0.2, -0.15) is 0 Å². The lowest BCUT2D eigenvalue weighted by Crippen LogP contribution is -2.53. The SMILES string of the molecule is O=C(C(c1ccccc1)N(C(=O)O)c1ccc(Cl)cc1)N1CCN(c2ccncc2)CC1. The molecule has 4 rings (SSSR count). The van der Waals surface area contributed by atoms with Crippen molar-refractivity contribution in [3.05, 3.63) is 89.7 Å². The highest BCUT2D eigenvalue weighted by Crippen LogP contribution is 2.31. The van der Waals surface area contributed by atoms with Gasteiger partial charge in [0.25, 0.3) is 5.91 Å². The van der Waals surface area contributed by atoms with Crippen molar-refractivity contribution >= 4 is 35.0 Å². The number of hydrogen-bond donors (Lipinski definition) is 1. The number of pyridine rings is 1. The Labute approximate surface area is 191 Å². The van der Waals surface area contributed by atoms with Gasteiger partial charge in [0, 0.05) is 55.0 Å². The highest BCUT2D eigenvalue weighted by Gasteiger charge is 2.36. The van der Waals surface area contributed by atoms with E-state index >= 15 is 0 Å². The molecule has 0 aliphatic carbocycles. The van der Waals surface area contributed by atoms with Gasteiger partial charge in [0.1, 0.15) is 6.04 Å². The number of carbonyl (C=O) groups excluding carboxylic acids is 1. The zero-order chi connectivity index (χ0) is 22.5. The van der Waals surface area contributed by atoms with E-state index in [-0.39, 0.29) is 5.91 Å². The molecule has 1 aromatic heterocycles. The summed E-state index contributed by atoms with van der Waals surface area (Å²) < 4.78 is 0. The van der Waals surface area contributed by atoms with Crippen LogP contribution in [0, 0.1) is 0 Å². The Hall–Kier alpha value is -3.58. The van der Waals surface area contributed by atoms with E-state index < -0.39 is 12.1 Å². The summed E-state index contributed by atoms with van der Waals surface area (Å²) in [6.07, 6.45) is 2.29. The zero-order valence-electron chi connectivity index (χ0n) is 17.3. The Balaban J connectivity index is 1.61. The third-order valence-electron chi connectivity index (χ3n) is 5.54. The van der Waals surface area contributed by atoms with Gasteiger partial charge >= 0.3 is 6.09 Å². The number of halogens is 1. The first-order valence-electron chi connectivity index (χ1n) is 10.3. The van der Waals surface area contributed by atoms with Crippen molar-refractivity contribution < 1.29 is 14.7 Å². The van der Waals surface area contributed by atoms with Crippen molar-refractivity contribution in [2.24, 2.45) is 0 Å². The van der Waals surface area contributed by atoms with Crippen LogP contribution in [0.25, 0.3) is 0 Å². The highest BCUT2D eigenvalue weighted by atomic mass is 35.5. The second-order valence-corrected chi connectivity index (χ2v) is 7.90. The van der Waals surface area contributed by atoms with Crippen LogP contribution in [0.15, 0.2) is 79.1 Å². The number of anilines is 2. The van der Waals surface area contributed by atoms with Crippen molar-refractivity contribution in [2.45, 2.75) is 6.04 Å². The number of aromatic nitrogens is 1. The molecule has 3 aromatic rings. The zero-order valence-corrected chi connectivity index (χ0v) is 18.1. The molecule has 0 bridgehead atoms. The molecule has 1 atom stereocenters. The Morgan fingerprint density at radius 2 is 1.53 bits per heavy atom. The summed E-state index contributed by atoms with van der Waals surface area (Å²) >= 11 is 5.99. The average Bonchev–Trinajstić information content (AvgIpc) is 2.84. The lowest BCUT2D eigenvalue weighted by atomic mass is 10.0. The topological polar surface area (TPSA) is 77.0 Å². The quantitative estimate of drug-likeness (QED) is 0.626. The number of amides is 2. The summed E-state index contributed by atoms with van der Waals surface area (Å²) in [5.74, 6) is -0.247. The first-order valence-corrected chi connectivity index (χ1v) is 10.7.